The number of rotatable bonds is 7. The van der Waals surface area contributed by atoms with Gasteiger partial charge in [-0.25, -0.2) is 4.39 Å². The summed E-state index contributed by atoms with van der Waals surface area (Å²) < 4.78 is 29.9. The summed E-state index contributed by atoms with van der Waals surface area (Å²) in [6, 6.07) is 17.9. The molecule has 202 valence electrons. The Morgan fingerprint density at radius 1 is 1.00 bits per heavy atom. The maximum Gasteiger partial charge on any atom is 0.311 e. The Balaban J connectivity index is 1.51. The zero-order valence-corrected chi connectivity index (χ0v) is 21.6. The van der Waals surface area contributed by atoms with Crippen LogP contribution >= 0.6 is 0 Å². The highest BCUT2D eigenvalue weighted by Crippen LogP contribution is 2.46. The van der Waals surface area contributed by atoms with Crippen molar-refractivity contribution >= 4 is 17.8 Å². The molecule has 3 aromatic carbocycles. The van der Waals surface area contributed by atoms with Gasteiger partial charge >= 0.3 is 5.97 Å². The molecular formula is C30H29FN2O6. The van der Waals surface area contributed by atoms with Gasteiger partial charge in [0.2, 0.25) is 12.7 Å². The quantitative estimate of drug-likeness (QED) is 0.458. The van der Waals surface area contributed by atoms with Crippen molar-refractivity contribution in [3.63, 3.8) is 0 Å². The van der Waals surface area contributed by atoms with Gasteiger partial charge in [0.15, 0.2) is 11.5 Å². The number of carbonyl (C=O) groups excluding carboxylic acids is 3. The maximum absolute atomic E-state index is 14.0. The van der Waals surface area contributed by atoms with Gasteiger partial charge in [0.1, 0.15) is 11.9 Å². The van der Waals surface area contributed by atoms with Gasteiger partial charge in [-0.05, 0) is 54.4 Å². The summed E-state index contributed by atoms with van der Waals surface area (Å²) in [5.41, 5.74) is 1.70. The lowest BCUT2D eigenvalue weighted by Gasteiger charge is -2.31. The fourth-order valence-corrected chi connectivity index (χ4v) is 5.39. The standard InChI is InChI=1S/C30H29FN2O6/c1-3-37-30(36)25-18(2)26(28(34)32-16-19-9-14-23-24(15-19)39-17-38-23)33(27(25)20-7-5-4-6-8-20)29(35)21-10-12-22(31)13-11-21/h4-15,18,25-27H,3,16-17H2,1-2H3,(H,32,34). The second-order valence-corrected chi connectivity index (χ2v) is 9.56. The molecule has 4 atom stereocenters. The molecule has 0 aliphatic carbocycles. The first-order valence-corrected chi connectivity index (χ1v) is 12.8. The molecule has 1 N–H and O–H groups in total. The summed E-state index contributed by atoms with van der Waals surface area (Å²) in [5, 5.41) is 2.93. The number of halogens is 1. The highest BCUT2D eigenvalue weighted by Gasteiger charge is 2.55. The first kappa shape index (κ1) is 26.2. The van der Waals surface area contributed by atoms with Crippen LogP contribution in [0.3, 0.4) is 0 Å². The second-order valence-electron chi connectivity index (χ2n) is 9.56. The molecule has 2 aliphatic heterocycles. The number of benzene rings is 3. The number of nitrogens with one attached hydrogen (secondary N) is 1. The van der Waals surface area contributed by atoms with E-state index < -0.39 is 47.5 Å². The predicted molar refractivity (Wildman–Crippen MR) is 139 cm³/mol. The van der Waals surface area contributed by atoms with Crippen molar-refractivity contribution in [2.45, 2.75) is 32.5 Å². The molecule has 4 unspecified atom stereocenters. The number of hydrogen-bond donors (Lipinski definition) is 1. The molecule has 1 saturated heterocycles. The molecular weight excluding hydrogens is 503 g/mol. The van der Waals surface area contributed by atoms with E-state index >= 15 is 0 Å². The van der Waals surface area contributed by atoms with Crippen LogP contribution in [-0.2, 0) is 20.9 Å². The third-order valence-electron chi connectivity index (χ3n) is 7.20. The highest BCUT2D eigenvalue weighted by molar-refractivity contribution is 5.99. The van der Waals surface area contributed by atoms with Crippen molar-refractivity contribution in [1.29, 1.82) is 0 Å². The number of nitrogens with zero attached hydrogens (tertiary/aromatic N) is 1. The molecule has 5 rings (SSSR count). The van der Waals surface area contributed by atoms with Crippen molar-refractivity contribution in [3.8, 4) is 11.5 Å². The van der Waals surface area contributed by atoms with Crippen molar-refractivity contribution in [3.05, 3.63) is 95.3 Å². The monoisotopic (exact) mass is 532 g/mol. The van der Waals surface area contributed by atoms with Gasteiger partial charge in [-0.15, -0.1) is 0 Å². The van der Waals surface area contributed by atoms with E-state index in [1.165, 1.54) is 29.2 Å². The summed E-state index contributed by atoms with van der Waals surface area (Å²) in [6.07, 6.45) is 0. The molecule has 0 saturated carbocycles. The molecule has 2 heterocycles. The van der Waals surface area contributed by atoms with Crippen LogP contribution in [0.5, 0.6) is 11.5 Å². The van der Waals surface area contributed by atoms with E-state index in [2.05, 4.69) is 5.32 Å². The minimum absolute atomic E-state index is 0.140. The average molecular weight is 533 g/mol. The van der Waals surface area contributed by atoms with Crippen molar-refractivity contribution in [2.75, 3.05) is 13.4 Å². The lowest BCUT2D eigenvalue weighted by molar-refractivity contribution is -0.150. The minimum Gasteiger partial charge on any atom is -0.466 e. The third kappa shape index (κ3) is 5.16. The number of ether oxygens (including phenoxy) is 3. The number of hydrogen-bond acceptors (Lipinski definition) is 6. The van der Waals surface area contributed by atoms with E-state index in [1.54, 1.807) is 26.0 Å². The molecule has 0 aromatic heterocycles. The van der Waals surface area contributed by atoms with E-state index in [0.717, 1.165) is 5.56 Å². The number of likely N-dealkylation sites (tertiary alicyclic amines) is 1. The van der Waals surface area contributed by atoms with E-state index in [4.69, 9.17) is 14.2 Å². The summed E-state index contributed by atoms with van der Waals surface area (Å²) >= 11 is 0. The Hall–Kier alpha value is -4.40. The molecule has 0 bridgehead atoms. The minimum atomic E-state index is -0.990. The zero-order valence-electron chi connectivity index (χ0n) is 21.6. The lowest BCUT2D eigenvalue weighted by Crippen LogP contribution is -2.48. The van der Waals surface area contributed by atoms with E-state index in [-0.39, 0.29) is 25.5 Å². The van der Waals surface area contributed by atoms with Gasteiger partial charge < -0.3 is 24.4 Å². The van der Waals surface area contributed by atoms with E-state index in [1.807, 2.05) is 36.4 Å². The summed E-state index contributed by atoms with van der Waals surface area (Å²) in [5.74, 6) is -2.00. The van der Waals surface area contributed by atoms with Crippen molar-refractivity contribution in [2.24, 2.45) is 11.8 Å². The predicted octanol–water partition coefficient (Wildman–Crippen LogP) is 4.25. The first-order chi connectivity index (χ1) is 18.9. The molecule has 8 nitrogen and oxygen atoms in total. The van der Waals surface area contributed by atoms with Crippen molar-refractivity contribution < 1.29 is 33.0 Å². The molecule has 2 amide bonds. The fraction of sp³-hybridized carbons (Fsp3) is 0.300. The molecule has 1 fully saturated rings. The second kappa shape index (κ2) is 11.1. The fourth-order valence-electron chi connectivity index (χ4n) is 5.39. The van der Waals surface area contributed by atoms with Gasteiger partial charge in [-0.3, -0.25) is 14.4 Å². The largest absolute Gasteiger partial charge is 0.466 e. The Bertz CT molecular complexity index is 1360. The van der Waals surface area contributed by atoms with E-state index in [0.29, 0.717) is 17.1 Å². The van der Waals surface area contributed by atoms with Gasteiger partial charge in [-0.1, -0.05) is 43.3 Å². The van der Waals surface area contributed by atoms with Crippen LogP contribution < -0.4 is 14.8 Å². The maximum atomic E-state index is 14.0. The molecule has 0 spiro atoms. The number of fused-ring (bicyclic) bond motifs is 1. The Morgan fingerprint density at radius 2 is 1.72 bits per heavy atom. The summed E-state index contributed by atoms with van der Waals surface area (Å²) in [4.78, 5) is 42.5. The van der Waals surface area contributed by atoms with Gasteiger partial charge in [-0.2, -0.15) is 0 Å². The Morgan fingerprint density at radius 3 is 2.44 bits per heavy atom. The van der Waals surface area contributed by atoms with Gasteiger partial charge in [0, 0.05) is 18.0 Å². The topological polar surface area (TPSA) is 94.2 Å². The molecule has 0 radical (unpaired) electrons. The van der Waals surface area contributed by atoms with Crippen LogP contribution in [-0.4, -0.2) is 42.1 Å². The van der Waals surface area contributed by atoms with Crippen LogP contribution in [0.4, 0.5) is 4.39 Å². The van der Waals surface area contributed by atoms with E-state index in [9.17, 15) is 18.8 Å². The van der Waals surface area contributed by atoms with Crippen molar-refractivity contribution in [1.82, 2.24) is 10.2 Å². The summed E-state index contributed by atoms with van der Waals surface area (Å²) in [7, 11) is 0. The number of carbonyl (C=O) groups is 3. The molecule has 3 aromatic rings. The smallest absolute Gasteiger partial charge is 0.311 e. The normalized spacial score (nSPS) is 21.5. The van der Waals surface area contributed by atoms with Gasteiger partial charge in [0.05, 0.1) is 18.6 Å². The molecule has 2 aliphatic rings. The third-order valence-corrected chi connectivity index (χ3v) is 7.20. The highest BCUT2D eigenvalue weighted by atomic mass is 19.1. The lowest BCUT2D eigenvalue weighted by atomic mass is 9.85. The van der Waals surface area contributed by atoms with Crippen LogP contribution in [0.15, 0.2) is 72.8 Å². The number of esters is 1. The summed E-state index contributed by atoms with van der Waals surface area (Å²) in [6.45, 7) is 3.97. The van der Waals surface area contributed by atoms with Gasteiger partial charge in [0.25, 0.3) is 5.91 Å². The molecule has 9 heteroatoms. The van der Waals surface area contributed by atoms with Crippen LogP contribution in [0, 0.1) is 17.7 Å². The van der Waals surface area contributed by atoms with Crippen LogP contribution in [0.25, 0.3) is 0 Å². The zero-order chi connectivity index (χ0) is 27.5. The number of amides is 2. The van der Waals surface area contributed by atoms with Crippen LogP contribution in [0.2, 0.25) is 0 Å². The SMILES string of the molecule is CCOC(=O)C1C(C)C(C(=O)NCc2ccc3c(c2)OCO3)N(C(=O)c2ccc(F)cc2)C1c1ccccc1. The average Bonchev–Trinajstić information content (AvgIpc) is 3.54. The first-order valence-electron chi connectivity index (χ1n) is 12.8. The Kier molecular flexibility index (Phi) is 7.49. The Labute approximate surface area is 225 Å². The van der Waals surface area contributed by atoms with Crippen LogP contribution in [0.1, 0.15) is 41.4 Å². The molecule has 39 heavy (non-hydrogen) atoms.